The van der Waals surface area contributed by atoms with Crippen molar-refractivity contribution in [1.29, 1.82) is 0 Å². The number of hydrogen-bond donors (Lipinski definition) is 2. The lowest BCUT2D eigenvalue weighted by atomic mass is 10.1. The van der Waals surface area contributed by atoms with Gasteiger partial charge in [-0.25, -0.2) is 4.39 Å². The molecule has 2 aromatic carbocycles. The van der Waals surface area contributed by atoms with Crippen molar-refractivity contribution in [1.82, 2.24) is 0 Å². The molecule has 0 fully saturated rings. The van der Waals surface area contributed by atoms with Crippen LogP contribution in [-0.2, 0) is 6.54 Å². The highest BCUT2D eigenvalue weighted by Gasteiger charge is 2.09. The summed E-state index contributed by atoms with van der Waals surface area (Å²) in [4.78, 5) is 11.2. The van der Waals surface area contributed by atoms with Crippen molar-refractivity contribution in [2.24, 2.45) is 5.73 Å². The Kier molecular flexibility index (Phi) is 4.63. The second kappa shape index (κ2) is 6.26. The number of rotatable bonds is 4. The molecule has 0 aromatic heterocycles. The molecule has 0 heterocycles. The van der Waals surface area contributed by atoms with Crippen molar-refractivity contribution in [2.45, 2.75) is 20.4 Å². The van der Waals surface area contributed by atoms with E-state index in [0.29, 0.717) is 11.1 Å². The number of carbonyl (C=O) groups excluding carboxylic acids is 1. The van der Waals surface area contributed by atoms with Crippen LogP contribution in [0.5, 0.6) is 0 Å². The SMILES string of the molecule is Cc1cc(C)c(NCc2cc(C(N)=O)ccc2F)c(Br)c1. The largest absolute Gasteiger partial charge is 0.380 e. The molecule has 0 radical (unpaired) electrons. The van der Waals surface area contributed by atoms with Gasteiger partial charge < -0.3 is 11.1 Å². The van der Waals surface area contributed by atoms with Gasteiger partial charge >= 0.3 is 0 Å². The highest BCUT2D eigenvalue weighted by molar-refractivity contribution is 9.10. The van der Waals surface area contributed by atoms with E-state index >= 15 is 0 Å². The maximum atomic E-state index is 13.8. The zero-order valence-corrected chi connectivity index (χ0v) is 13.4. The number of anilines is 1. The Balaban J connectivity index is 2.24. The molecule has 0 spiro atoms. The predicted molar refractivity (Wildman–Crippen MR) is 85.9 cm³/mol. The molecule has 0 aliphatic carbocycles. The van der Waals surface area contributed by atoms with E-state index in [0.717, 1.165) is 21.3 Å². The molecule has 3 nitrogen and oxygen atoms in total. The van der Waals surface area contributed by atoms with Gasteiger partial charge in [-0.2, -0.15) is 0 Å². The molecule has 0 saturated heterocycles. The third-order valence-electron chi connectivity index (χ3n) is 3.22. The van der Waals surface area contributed by atoms with E-state index in [9.17, 15) is 9.18 Å². The number of benzene rings is 2. The van der Waals surface area contributed by atoms with Crippen LogP contribution in [0.1, 0.15) is 27.0 Å². The molecular formula is C16H16BrFN2O. The van der Waals surface area contributed by atoms with Crippen LogP contribution in [0.15, 0.2) is 34.8 Å². The van der Waals surface area contributed by atoms with Gasteiger partial charge in [0.05, 0.1) is 5.69 Å². The van der Waals surface area contributed by atoms with Crippen LogP contribution in [-0.4, -0.2) is 5.91 Å². The van der Waals surface area contributed by atoms with E-state index in [1.807, 2.05) is 26.0 Å². The highest BCUT2D eigenvalue weighted by Crippen LogP contribution is 2.28. The second-order valence-electron chi connectivity index (χ2n) is 4.96. The molecule has 5 heteroatoms. The number of hydrogen-bond acceptors (Lipinski definition) is 2. The van der Waals surface area contributed by atoms with Crippen molar-refractivity contribution in [3.05, 3.63) is 62.9 Å². The van der Waals surface area contributed by atoms with E-state index in [-0.39, 0.29) is 12.4 Å². The van der Waals surface area contributed by atoms with Gasteiger partial charge in [0.15, 0.2) is 0 Å². The fraction of sp³-hybridized carbons (Fsp3) is 0.188. The quantitative estimate of drug-likeness (QED) is 0.877. The Hall–Kier alpha value is -1.88. The molecule has 3 N–H and O–H groups in total. The summed E-state index contributed by atoms with van der Waals surface area (Å²) in [6.45, 7) is 4.27. The van der Waals surface area contributed by atoms with Crippen molar-refractivity contribution in [3.8, 4) is 0 Å². The number of primary amides is 1. The van der Waals surface area contributed by atoms with E-state index < -0.39 is 5.91 Å². The average molecular weight is 351 g/mol. The first-order valence-electron chi connectivity index (χ1n) is 6.47. The molecule has 0 bridgehead atoms. The van der Waals surface area contributed by atoms with Crippen LogP contribution in [0.25, 0.3) is 0 Å². The van der Waals surface area contributed by atoms with Gasteiger partial charge in [-0.15, -0.1) is 0 Å². The molecule has 0 unspecified atom stereocenters. The number of aryl methyl sites for hydroxylation is 2. The first-order valence-corrected chi connectivity index (χ1v) is 7.26. The summed E-state index contributed by atoms with van der Waals surface area (Å²) in [7, 11) is 0. The Morgan fingerprint density at radius 2 is 2.00 bits per heavy atom. The van der Waals surface area contributed by atoms with Gasteiger partial charge in [0.1, 0.15) is 5.82 Å². The molecule has 2 aromatic rings. The number of halogens is 2. The molecule has 1 amide bonds. The smallest absolute Gasteiger partial charge is 0.248 e. The molecule has 0 atom stereocenters. The van der Waals surface area contributed by atoms with E-state index in [1.165, 1.54) is 18.2 Å². The van der Waals surface area contributed by atoms with Crippen LogP contribution in [0.4, 0.5) is 10.1 Å². The van der Waals surface area contributed by atoms with Crippen molar-refractivity contribution >= 4 is 27.5 Å². The minimum absolute atomic E-state index is 0.273. The van der Waals surface area contributed by atoms with Crippen LogP contribution >= 0.6 is 15.9 Å². The third kappa shape index (κ3) is 3.61. The minimum Gasteiger partial charge on any atom is -0.380 e. The van der Waals surface area contributed by atoms with Gasteiger partial charge in [0.25, 0.3) is 0 Å². The summed E-state index contributed by atoms with van der Waals surface area (Å²) >= 11 is 3.50. The maximum Gasteiger partial charge on any atom is 0.248 e. The minimum atomic E-state index is -0.566. The van der Waals surface area contributed by atoms with E-state index in [4.69, 9.17) is 5.73 Å². The molecule has 0 aliphatic heterocycles. The third-order valence-corrected chi connectivity index (χ3v) is 3.84. The van der Waals surface area contributed by atoms with Gasteiger partial charge in [0.2, 0.25) is 5.91 Å². The molecule has 21 heavy (non-hydrogen) atoms. The van der Waals surface area contributed by atoms with E-state index in [1.54, 1.807) is 0 Å². The van der Waals surface area contributed by atoms with Gasteiger partial charge in [-0.1, -0.05) is 6.07 Å². The monoisotopic (exact) mass is 350 g/mol. The zero-order chi connectivity index (χ0) is 15.6. The summed E-state index contributed by atoms with van der Waals surface area (Å²) < 4.78 is 14.7. The normalized spacial score (nSPS) is 10.5. The van der Waals surface area contributed by atoms with Crippen LogP contribution in [0.3, 0.4) is 0 Å². The zero-order valence-electron chi connectivity index (χ0n) is 11.8. The summed E-state index contributed by atoms with van der Waals surface area (Å²) in [5, 5.41) is 3.19. The number of amides is 1. The maximum absolute atomic E-state index is 13.8. The standard InChI is InChI=1S/C16H16BrFN2O/c1-9-5-10(2)15(13(17)6-9)20-8-12-7-11(16(19)21)3-4-14(12)18/h3-7,20H,8H2,1-2H3,(H2,19,21). The molecular weight excluding hydrogens is 335 g/mol. The predicted octanol–water partition coefficient (Wildman–Crippen LogP) is 3.92. The summed E-state index contributed by atoms with van der Waals surface area (Å²) in [5.41, 5.74) is 9.03. The van der Waals surface area contributed by atoms with Gasteiger partial charge in [0, 0.05) is 22.1 Å². The Morgan fingerprint density at radius 3 is 2.62 bits per heavy atom. The Morgan fingerprint density at radius 1 is 1.29 bits per heavy atom. The molecule has 110 valence electrons. The highest BCUT2D eigenvalue weighted by atomic mass is 79.9. The molecule has 0 aliphatic rings. The summed E-state index contributed by atoms with van der Waals surface area (Å²) in [6.07, 6.45) is 0. The Bertz CT molecular complexity index is 678. The average Bonchev–Trinajstić information content (AvgIpc) is 2.39. The fourth-order valence-corrected chi connectivity index (χ4v) is 3.00. The van der Waals surface area contributed by atoms with Crippen LogP contribution in [0.2, 0.25) is 0 Å². The van der Waals surface area contributed by atoms with E-state index in [2.05, 4.69) is 21.2 Å². The van der Waals surface area contributed by atoms with Crippen LogP contribution in [0, 0.1) is 19.7 Å². The number of nitrogens with one attached hydrogen (secondary N) is 1. The van der Waals surface area contributed by atoms with Gasteiger partial charge in [-0.05, 0) is 65.2 Å². The molecule has 2 rings (SSSR count). The second-order valence-corrected chi connectivity index (χ2v) is 5.82. The Labute approximate surface area is 131 Å². The van der Waals surface area contributed by atoms with Crippen molar-refractivity contribution < 1.29 is 9.18 Å². The lowest BCUT2D eigenvalue weighted by molar-refractivity contribution is 0.1000. The lowest BCUT2D eigenvalue weighted by Gasteiger charge is -2.13. The van der Waals surface area contributed by atoms with Gasteiger partial charge in [-0.3, -0.25) is 4.79 Å². The van der Waals surface area contributed by atoms with Crippen molar-refractivity contribution in [3.63, 3.8) is 0 Å². The first-order chi connectivity index (χ1) is 9.88. The summed E-state index contributed by atoms with van der Waals surface area (Å²) in [5.74, 6) is -0.933. The summed E-state index contributed by atoms with van der Waals surface area (Å²) in [6, 6.07) is 8.15. The van der Waals surface area contributed by atoms with Crippen molar-refractivity contribution in [2.75, 3.05) is 5.32 Å². The lowest BCUT2D eigenvalue weighted by Crippen LogP contribution is -2.12. The fourth-order valence-electron chi connectivity index (χ4n) is 2.19. The number of carbonyl (C=O) groups is 1. The first kappa shape index (κ1) is 15.5. The molecule has 0 saturated carbocycles. The number of nitrogens with two attached hydrogens (primary N) is 1. The topological polar surface area (TPSA) is 55.1 Å². The van der Waals surface area contributed by atoms with Crippen LogP contribution < -0.4 is 11.1 Å².